The van der Waals surface area contributed by atoms with Crippen LogP contribution in [0.3, 0.4) is 0 Å². The van der Waals surface area contributed by atoms with Crippen LogP contribution < -0.4 is 5.73 Å². The standard InChI is InChI=1S/C13H25N3O2/c1-15-6-3-7-16(9-8-15)11-4-5-13(14,10-11)12(17)18-2/h11H,3-10,14H2,1-2H3. The average Bonchev–Trinajstić information content (AvgIpc) is 2.63. The van der Waals surface area contributed by atoms with Crippen molar-refractivity contribution in [1.82, 2.24) is 9.80 Å². The number of ether oxygens (including phenoxy) is 1. The first-order valence-electron chi connectivity index (χ1n) is 6.85. The third-order valence-corrected chi connectivity index (χ3v) is 4.39. The van der Waals surface area contributed by atoms with Crippen LogP contribution in [0.1, 0.15) is 25.7 Å². The number of carbonyl (C=O) groups is 1. The molecule has 0 aromatic rings. The molecular formula is C13H25N3O2. The molecular weight excluding hydrogens is 230 g/mol. The van der Waals surface area contributed by atoms with Gasteiger partial charge < -0.3 is 15.4 Å². The average molecular weight is 255 g/mol. The molecule has 2 fully saturated rings. The fourth-order valence-corrected chi connectivity index (χ4v) is 3.18. The molecule has 1 saturated heterocycles. The van der Waals surface area contributed by atoms with E-state index >= 15 is 0 Å². The number of methoxy groups -OCH3 is 1. The van der Waals surface area contributed by atoms with Crippen molar-refractivity contribution >= 4 is 5.97 Å². The molecule has 0 radical (unpaired) electrons. The van der Waals surface area contributed by atoms with Crippen molar-refractivity contribution in [3.05, 3.63) is 0 Å². The van der Waals surface area contributed by atoms with Crippen LogP contribution in [0.2, 0.25) is 0 Å². The number of hydrogen-bond donors (Lipinski definition) is 1. The van der Waals surface area contributed by atoms with Crippen molar-refractivity contribution in [2.45, 2.75) is 37.3 Å². The highest BCUT2D eigenvalue weighted by Gasteiger charge is 2.44. The van der Waals surface area contributed by atoms with Crippen molar-refractivity contribution in [3.63, 3.8) is 0 Å². The van der Waals surface area contributed by atoms with Gasteiger partial charge in [0.1, 0.15) is 5.54 Å². The van der Waals surface area contributed by atoms with Crippen LogP contribution in [0, 0.1) is 0 Å². The van der Waals surface area contributed by atoms with Gasteiger partial charge in [0, 0.05) is 19.1 Å². The summed E-state index contributed by atoms with van der Waals surface area (Å²) < 4.78 is 4.82. The van der Waals surface area contributed by atoms with E-state index < -0.39 is 5.54 Å². The van der Waals surface area contributed by atoms with Crippen LogP contribution in [-0.2, 0) is 9.53 Å². The fourth-order valence-electron chi connectivity index (χ4n) is 3.18. The summed E-state index contributed by atoms with van der Waals surface area (Å²) in [5, 5.41) is 0. The Labute approximate surface area is 109 Å². The maximum Gasteiger partial charge on any atom is 0.325 e. The van der Waals surface area contributed by atoms with Gasteiger partial charge in [-0.3, -0.25) is 9.69 Å². The lowest BCUT2D eigenvalue weighted by Crippen LogP contribution is -2.48. The second kappa shape index (κ2) is 5.55. The van der Waals surface area contributed by atoms with E-state index in [4.69, 9.17) is 10.5 Å². The number of nitrogens with two attached hydrogens (primary N) is 1. The number of likely N-dealkylation sites (N-methyl/N-ethyl adjacent to an activating group) is 1. The molecule has 1 aliphatic carbocycles. The highest BCUT2D eigenvalue weighted by Crippen LogP contribution is 2.32. The van der Waals surface area contributed by atoms with E-state index in [9.17, 15) is 4.79 Å². The van der Waals surface area contributed by atoms with Crippen molar-refractivity contribution < 1.29 is 9.53 Å². The molecule has 18 heavy (non-hydrogen) atoms. The van der Waals surface area contributed by atoms with Crippen LogP contribution in [0.25, 0.3) is 0 Å². The van der Waals surface area contributed by atoms with E-state index in [-0.39, 0.29) is 5.97 Å². The topological polar surface area (TPSA) is 58.8 Å². The van der Waals surface area contributed by atoms with E-state index in [2.05, 4.69) is 16.8 Å². The molecule has 0 amide bonds. The Hall–Kier alpha value is -0.650. The van der Waals surface area contributed by atoms with Crippen LogP contribution in [0.5, 0.6) is 0 Å². The largest absolute Gasteiger partial charge is 0.468 e. The molecule has 2 rings (SSSR count). The van der Waals surface area contributed by atoms with E-state index in [1.807, 2.05) is 0 Å². The van der Waals surface area contributed by atoms with Gasteiger partial charge in [0.15, 0.2) is 0 Å². The molecule has 0 spiro atoms. The summed E-state index contributed by atoms with van der Waals surface area (Å²) in [6.07, 6.45) is 3.69. The highest BCUT2D eigenvalue weighted by molar-refractivity contribution is 5.81. The van der Waals surface area contributed by atoms with E-state index in [0.29, 0.717) is 6.04 Å². The summed E-state index contributed by atoms with van der Waals surface area (Å²) >= 11 is 0. The molecule has 0 aromatic carbocycles. The summed E-state index contributed by atoms with van der Waals surface area (Å²) in [4.78, 5) is 16.6. The quantitative estimate of drug-likeness (QED) is 0.706. The van der Waals surface area contributed by atoms with Gasteiger partial charge in [0.25, 0.3) is 0 Å². The number of esters is 1. The Morgan fingerprint density at radius 1 is 1.33 bits per heavy atom. The first-order chi connectivity index (χ1) is 8.55. The second-order valence-corrected chi connectivity index (χ2v) is 5.74. The van der Waals surface area contributed by atoms with Crippen LogP contribution in [0.4, 0.5) is 0 Å². The zero-order valence-corrected chi connectivity index (χ0v) is 11.5. The van der Waals surface area contributed by atoms with Crippen molar-refractivity contribution in [2.24, 2.45) is 5.73 Å². The minimum Gasteiger partial charge on any atom is -0.468 e. The van der Waals surface area contributed by atoms with Gasteiger partial charge in [-0.15, -0.1) is 0 Å². The van der Waals surface area contributed by atoms with Crippen molar-refractivity contribution in [1.29, 1.82) is 0 Å². The van der Waals surface area contributed by atoms with Gasteiger partial charge in [-0.2, -0.15) is 0 Å². The Balaban J connectivity index is 1.94. The first-order valence-corrected chi connectivity index (χ1v) is 6.85. The smallest absolute Gasteiger partial charge is 0.325 e. The van der Waals surface area contributed by atoms with Crippen LogP contribution in [0.15, 0.2) is 0 Å². The van der Waals surface area contributed by atoms with E-state index in [1.54, 1.807) is 0 Å². The van der Waals surface area contributed by atoms with Crippen LogP contribution in [-0.4, -0.2) is 67.7 Å². The molecule has 2 N–H and O–H groups in total. The highest BCUT2D eigenvalue weighted by atomic mass is 16.5. The fraction of sp³-hybridized carbons (Fsp3) is 0.923. The van der Waals surface area contributed by atoms with Gasteiger partial charge in [0.05, 0.1) is 7.11 Å². The number of rotatable bonds is 2. The molecule has 5 heteroatoms. The molecule has 2 atom stereocenters. The molecule has 2 aliphatic rings. The Morgan fingerprint density at radius 2 is 2.11 bits per heavy atom. The van der Waals surface area contributed by atoms with Gasteiger partial charge in [-0.05, 0) is 45.8 Å². The lowest BCUT2D eigenvalue weighted by atomic mass is 9.99. The summed E-state index contributed by atoms with van der Waals surface area (Å²) in [6, 6.07) is 0.445. The van der Waals surface area contributed by atoms with Crippen LogP contribution >= 0.6 is 0 Å². The normalized spacial score (nSPS) is 35.4. The summed E-state index contributed by atoms with van der Waals surface area (Å²) in [7, 11) is 3.59. The maximum atomic E-state index is 11.7. The lowest BCUT2D eigenvalue weighted by Gasteiger charge is -2.28. The summed E-state index contributed by atoms with van der Waals surface area (Å²) in [6.45, 7) is 4.46. The van der Waals surface area contributed by atoms with Gasteiger partial charge >= 0.3 is 5.97 Å². The molecule has 0 bridgehead atoms. The van der Waals surface area contributed by atoms with E-state index in [0.717, 1.165) is 45.4 Å². The molecule has 1 aliphatic heterocycles. The molecule has 104 valence electrons. The van der Waals surface area contributed by atoms with Crippen molar-refractivity contribution in [3.8, 4) is 0 Å². The lowest BCUT2D eigenvalue weighted by molar-refractivity contribution is -0.147. The van der Waals surface area contributed by atoms with E-state index in [1.165, 1.54) is 13.5 Å². The third-order valence-electron chi connectivity index (χ3n) is 4.39. The molecule has 0 aromatic heterocycles. The minimum atomic E-state index is -0.752. The predicted molar refractivity (Wildman–Crippen MR) is 70.3 cm³/mol. The maximum absolute atomic E-state index is 11.7. The number of nitrogens with zero attached hydrogens (tertiary/aromatic N) is 2. The Bertz CT molecular complexity index is 311. The zero-order valence-electron chi connectivity index (χ0n) is 11.5. The monoisotopic (exact) mass is 255 g/mol. The Kier molecular flexibility index (Phi) is 4.25. The van der Waals surface area contributed by atoms with Gasteiger partial charge in [-0.25, -0.2) is 0 Å². The molecule has 1 saturated carbocycles. The van der Waals surface area contributed by atoms with Gasteiger partial charge in [-0.1, -0.05) is 0 Å². The second-order valence-electron chi connectivity index (χ2n) is 5.74. The molecule has 2 unspecified atom stereocenters. The summed E-state index contributed by atoms with van der Waals surface area (Å²) in [5.74, 6) is -0.253. The summed E-state index contributed by atoms with van der Waals surface area (Å²) in [5.41, 5.74) is 5.41. The SMILES string of the molecule is COC(=O)C1(N)CCC(N2CCCN(C)CC2)C1. The predicted octanol–water partition coefficient (Wildman–Crippen LogP) is 0.0469. The zero-order chi connectivity index (χ0) is 13.2. The van der Waals surface area contributed by atoms with Crippen molar-refractivity contribution in [2.75, 3.05) is 40.3 Å². The Morgan fingerprint density at radius 3 is 2.83 bits per heavy atom. The number of carbonyl (C=O) groups excluding carboxylic acids is 1. The third kappa shape index (κ3) is 2.84. The first kappa shape index (κ1) is 13.8. The molecule has 5 nitrogen and oxygen atoms in total. The van der Waals surface area contributed by atoms with Gasteiger partial charge in [0.2, 0.25) is 0 Å². The number of hydrogen-bond acceptors (Lipinski definition) is 5. The molecule has 1 heterocycles. The minimum absolute atomic E-state index is 0.253.